The standard InChI is InChI=1S/C31H37N5O2/c1-35-20-22-36(23-21-35)31(38)34-29(24-26-12-6-3-7-13-26)30(37)33-28(16-15-25-10-4-2-5-11-25)18-17-27-14-8-9-19-32-27/h2-14,17-19,28-29H,15-16,20-24H2,1H3,(H,33,37)(H,34,38). The number of likely N-dealkylation sites (N-methyl/N-ethyl adjacent to an activating group) is 1. The van der Waals surface area contributed by atoms with Crippen molar-refractivity contribution in [1.82, 2.24) is 25.4 Å². The minimum Gasteiger partial charge on any atom is -0.348 e. The molecule has 0 spiro atoms. The van der Waals surface area contributed by atoms with Gasteiger partial charge in [-0.3, -0.25) is 9.78 Å². The molecule has 1 fully saturated rings. The number of carbonyl (C=O) groups excluding carboxylic acids is 2. The summed E-state index contributed by atoms with van der Waals surface area (Å²) in [5.41, 5.74) is 3.04. The smallest absolute Gasteiger partial charge is 0.318 e. The van der Waals surface area contributed by atoms with Crippen molar-refractivity contribution in [3.63, 3.8) is 0 Å². The number of pyridine rings is 1. The lowest BCUT2D eigenvalue weighted by Gasteiger charge is -2.33. The van der Waals surface area contributed by atoms with Gasteiger partial charge in [-0.05, 0) is 49.2 Å². The van der Waals surface area contributed by atoms with Crippen LogP contribution in [0.4, 0.5) is 4.79 Å². The van der Waals surface area contributed by atoms with Gasteiger partial charge in [0, 0.05) is 44.8 Å². The number of aromatic nitrogens is 1. The highest BCUT2D eigenvalue weighted by Gasteiger charge is 2.27. The highest BCUT2D eigenvalue weighted by Crippen LogP contribution is 2.10. The largest absolute Gasteiger partial charge is 0.348 e. The number of hydrogen-bond donors (Lipinski definition) is 2. The predicted octanol–water partition coefficient (Wildman–Crippen LogP) is 3.78. The van der Waals surface area contributed by atoms with Crippen LogP contribution in [-0.2, 0) is 17.6 Å². The Balaban J connectivity index is 1.48. The molecular weight excluding hydrogens is 474 g/mol. The SMILES string of the molecule is CN1CCN(C(=O)NC(Cc2ccccc2)C(=O)NC(C=Cc2ccccn2)CCc2ccccc2)CC1. The van der Waals surface area contributed by atoms with Crippen LogP contribution in [0.25, 0.3) is 6.08 Å². The van der Waals surface area contributed by atoms with Gasteiger partial charge < -0.3 is 20.4 Å². The van der Waals surface area contributed by atoms with Gasteiger partial charge in [-0.2, -0.15) is 0 Å². The second kappa shape index (κ2) is 14.1. The van der Waals surface area contributed by atoms with Crippen LogP contribution in [0.3, 0.4) is 0 Å². The number of carbonyl (C=O) groups is 2. The molecule has 2 atom stereocenters. The summed E-state index contributed by atoms with van der Waals surface area (Å²) in [7, 11) is 2.05. The van der Waals surface area contributed by atoms with Crippen LogP contribution >= 0.6 is 0 Å². The first-order chi connectivity index (χ1) is 18.6. The molecule has 198 valence electrons. The van der Waals surface area contributed by atoms with Gasteiger partial charge in [0.2, 0.25) is 5.91 Å². The first-order valence-corrected chi connectivity index (χ1v) is 13.3. The van der Waals surface area contributed by atoms with Gasteiger partial charge >= 0.3 is 6.03 Å². The molecule has 3 amide bonds. The first kappa shape index (κ1) is 27.1. The second-order valence-corrected chi connectivity index (χ2v) is 9.74. The summed E-state index contributed by atoms with van der Waals surface area (Å²) in [6.07, 6.45) is 7.64. The topological polar surface area (TPSA) is 77.6 Å². The summed E-state index contributed by atoms with van der Waals surface area (Å²) in [6.45, 7) is 2.94. The van der Waals surface area contributed by atoms with Crippen LogP contribution in [0.1, 0.15) is 23.2 Å². The van der Waals surface area contributed by atoms with E-state index in [9.17, 15) is 9.59 Å². The molecule has 2 unspecified atom stereocenters. The molecule has 2 aromatic carbocycles. The molecular formula is C31H37N5O2. The van der Waals surface area contributed by atoms with E-state index in [-0.39, 0.29) is 18.0 Å². The normalized spacial score (nSPS) is 15.7. The molecule has 1 aliphatic heterocycles. The number of rotatable bonds is 10. The molecule has 2 heterocycles. The molecule has 4 rings (SSSR count). The number of amides is 3. The average Bonchev–Trinajstić information content (AvgIpc) is 2.96. The average molecular weight is 512 g/mol. The van der Waals surface area contributed by atoms with Gasteiger partial charge in [0.05, 0.1) is 5.69 Å². The Morgan fingerprint density at radius 3 is 2.18 bits per heavy atom. The lowest BCUT2D eigenvalue weighted by Crippen LogP contribution is -2.56. The van der Waals surface area contributed by atoms with Gasteiger partial charge in [0.15, 0.2) is 0 Å². The van der Waals surface area contributed by atoms with Gasteiger partial charge in [0.1, 0.15) is 6.04 Å². The maximum absolute atomic E-state index is 13.6. The Kier molecular flexibility index (Phi) is 10.0. The molecule has 0 bridgehead atoms. The van der Waals surface area contributed by atoms with Crippen molar-refractivity contribution < 1.29 is 9.59 Å². The molecule has 7 heteroatoms. The van der Waals surface area contributed by atoms with Gasteiger partial charge in [-0.25, -0.2) is 4.79 Å². The van der Waals surface area contributed by atoms with Crippen LogP contribution in [0.2, 0.25) is 0 Å². The number of benzene rings is 2. The Morgan fingerprint density at radius 1 is 0.868 bits per heavy atom. The van der Waals surface area contributed by atoms with Crippen LogP contribution in [0.15, 0.2) is 91.1 Å². The third-order valence-electron chi connectivity index (χ3n) is 6.79. The fourth-order valence-corrected chi connectivity index (χ4v) is 4.46. The minimum atomic E-state index is -0.688. The summed E-state index contributed by atoms with van der Waals surface area (Å²) in [6, 6.07) is 24.7. The van der Waals surface area contributed by atoms with Gasteiger partial charge in [-0.15, -0.1) is 0 Å². The van der Waals surface area contributed by atoms with Crippen molar-refractivity contribution in [2.45, 2.75) is 31.3 Å². The predicted molar refractivity (Wildman–Crippen MR) is 152 cm³/mol. The van der Waals surface area contributed by atoms with Crippen molar-refractivity contribution in [3.8, 4) is 0 Å². The van der Waals surface area contributed by atoms with E-state index in [1.54, 1.807) is 11.1 Å². The number of hydrogen-bond acceptors (Lipinski definition) is 4. The van der Waals surface area contributed by atoms with Crippen LogP contribution in [0.5, 0.6) is 0 Å². The molecule has 0 aliphatic carbocycles. The molecule has 1 saturated heterocycles. The molecule has 38 heavy (non-hydrogen) atoms. The molecule has 1 aromatic heterocycles. The molecule has 0 saturated carbocycles. The van der Waals surface area contributed by atoms with Crippen molar-refractivity contribution >= 4 is 18.0 Å². The van der Waals surface area contributed by atoms with Crippen molar-refractivity contribution in [2.75, 3.05) is 33.2 Å². The molecule has 0 radical (unpaired) electrons. The van der Waals surface area contributed by atoms with E-state index >= 15 is 0 Å². The van der Waals surface area contributed by atoms with Crippen molar-refractivity contribution in [2.24, 2.45) is 0 Å². The molecule has 7 nitrogen and oxygen atoms in total. The molecule has 1 aliphatic rings. The van der Waals surface area contributed by atoms with E-state index in [4.69, 9.17) is 0 Å². The zero-order chi connectivity index (χ0) is 26.6. The van der Waals surface area contributed by atoms with Crippen molar-refractivity contribution in [3.05, 3.63) is 108 Å². The van der Waals surface area contributed by atoms with E-state index in [0.29, 0.717) is 19.5 Å². The van der Waals surface area contributed by atoms with E-state index in [1.807, 2.05) is 78.9 Å². The Hall–Kier alpha value is -3.97. The number of nitrogens with zero attached hydrogens (tertiary/aromatic N) is 3. The third kappa shape index (κ3) is 8.56. The summed E-state index contributed by atoms with van der Waals surface area (Å²) < 4.78 is 0. The van der Waals surface area contributed by atoms with Gasteiger partial charge in [-0.1, -0.05) is 72.8 Å². The highest BCUT2D eigenvalue weighted by atomic mass is 16.2. The summed E-state index contributed by atoms with van der Waals surface area (Å²) in [5.74, 6) is -0.194. The second-order valence-electron chi connectivity index (χ2n) is 9.74. The first-order valence-electron chi connectivity index (χ1n) is 13.3. The zero-order valence-electron chi connectivity index (χ0n) is 22.0. The zero-order valence-corrected chi connectivity index (χ0v) is 22.0. The van der Waals surface area contributed by atoms with E-state index in [0.717, 1.165) is 37.2 Å². The Labute approximate surface area is 225 Å². The lowest BCUT2D eigenvalue weighted by atomic mass is 10.0. The number of piperazine rings is 1. The fraction of sp³-hybridized carbons (Fsp3) is 0.323. The van der Waals surface area contributed by atoms with E-state index in [2.05, 4.69) is 39.7 Å². The number of nitrogens with one attached hydrogen (secondary N) is 2. The summed E-state index contributed by atoms with van der Waals surface area (Å²) in [5, 5.41) is 6.22. The third-order valence-corrected chi connectivity index (χ3v) is 6.79. The van der Waals surface area contributed by atoms with Gasteiger partial charge in [0.25, 0.3) is 0 Å². The van der Waals surface area contributed by atoms with E-state index in [1.165, 1.54) is 5.56 Å². The minimum absolute atomic E-state index is 0.194. The van der Waals surface area contributed by atoms with Crippen LogP contribution in [0, 0.1) is 0 Å². The van der Waals surface area contributed by atoms with E-state index < -0.39 is 6.04 Å². The van der Waals surface area contributed by atoms with Crippen LogP contribution < -0.4 is 10.6 Å². The lowest BCUT2D eigenvalue weighted by molar-refractivity contribution is -0.123. The van der Waals surface area contributed by atoms with Crippen molar-refractivity contribution in [1.29, 1.82) is 0 Å². The quantitative estimate of drug-likeness (QED) is 0.434. The summed E-state index contributed by atoms with van der Waals surface area (Å²) in [4.78, 5) is 35.1. The maximum atomic E-state index is 13.6. The molecule has 2 N–H and O–H groups in total. The fourth-order valence-electron chi connectivity index (χ4n) is 4.46. The Morgan fingerprint density at radius 2 is 1.53 bits per heavy atom. The van der Waals surface area contributed by atoms with Crippen LogP contribution in [-0.4, -0.2) is 72.0 Å². The monoisotopic (exact) mass is 511 g/mol. The highest BCUT2D eigenvalue weighted by molar-refractivity contribution is 5.87. The summed E-state index contributed by atoms with van der Waals surface area (Å²) >= 11 is 0. The maximum Gasteiger partial charge on any atom is 0.318 e. The molecule has 3 aromatic rings. The number of aryl methyl sites for hydroxylation is 1. The Bertz CT molecular complexity index is 1160. The number of urea groups is 1.